The van der Waals surface area contributed by atoms with Gasteiger partial charge in [0.05, 0.1) is 0 Å². The summed E-state index contributed by atoms with van der Waals surface area (Å²) in [6, 6.07) is 1.52. The number of nitrogens with one attached hydrogen (secondary N) is 2. The van der Waals surface area contributed by atoms with Crippen molar-refractivity contribution in [1.82, 2.24) is 15.5 Å². The molecule has 2 fully saturated rings. The Bertz CT molecular complexity index is 146. The van der Waals surface area contributed by atoms with Crippen molar-refractivity contribution in [3.05, 3.63) is 0 Å². The summed E-state index contributed by atoms with van der Waals surface area (Å²) >= 11 is 0. The van der Waals surface area contributed by atoms with E-state index >= 15 is 0 Å². The van der Waals surface area contributed by atoms with E-state index in [4.69, 9.17) is 0 Å². The minimum Gasteiger partial charge on any atom is -0.315 e. The molecule has 1 atom stereocenters. The maximum atomic E-state index is 3.75. The zero-order valence-electron chi connectivity index (χ0n) is 8.55. The molecule has 76 valence electrons. The van der Waals surface area contributed by atoms with Gasteiger partial charge in [0.25, 0.3) is 0 Å². The minimum atomic E-state index is 0.744. The molecule has 0 radical (unpaired) electrons. The Morgan fingerprint density at radius 2 is 1.92 bits per heavy atom. The number of hydrogen-bond donors (Lipinski definition) is 2. The normalized spacial score (nSPS) is 32.5. The highest BCUT2D eigenvalue weighted by atomic mass is 15.1. The number of hydrogen-bond acceptors (Lipinski definition) is 3. The fourth-order valence-corrected chi connectivity index (χ4v) is 2.31. The van der Waals surface area contributed by atoms with Gasteiger partial charge in [-0.15, -0.1) is 0 Å². The van der Waals surface area contributed by atoms with Gasteiger partial charge in [-0.3, -0.25) is 0 Å². The molecule has 2 saturated heterocycles. The van der Waals surface area contributed by atoms with Crippen LogP contribution in [0.5, 0.6) is 0 Å². The summed E-state index contributed by atoms with van der Waals surface area (Å²) in [5.74, 6) is 0. The third-order valence-electron chi connectivity index (χ3n) is 3.25. The molecule has 0 bridgehead atoms. The first-order valence-electron chi connectivity index (χ1n) is 5.50. The first-order chi connectivity index (χ1) is 6.34. The molecule has 0 aliphatic carbocycles. The van der Waals surface area contributed by atoms with Gasteiger partial charge in [-0.1, -0.05) is 0 Å². The highest BCUT2D eigenvalue weighted by molar-refractivity contribution is 4.83. The topological polar surface area (TPSA) is 27.3 Å². The molecule has 0 spiro atoms. The van der Waals surface area contributed by atoms with Crippen molar-refractivity contribution in [3.8, 4) is 0 Å². The first kappa shape index (κ1) is 9.44. The summed E-state index contributed by atoms with van der Waals surface area (Å²) in [5.41, 5.74) is 0. The SMILES string of the molecule is CN1CCC(NC2CCNC2)CC1. The lowest BCUT2D eigenvalue weighted by atomic mass is 10.0. The van der Waals surface area contributed by atoms with E-state index in [2.05, 4.69) is 22.6 Å². The second-order valence-corrected chi connectivity index (χ2v) is 4.43. The summed E-state index contributed by atoms with van der Waals surface area (Å²) in [4.78, 5) is 2.42. The third kappa shape index (κ3) is 2.66. The van der Waals surface area contributed by atoms with Crippen LogP contribution in [0.1, 0.15) is 19.3 Å². The molecule has 3 nitrogen and oxygen atoms in total. The van der Waals surface area contributed by atoms with Crippen molar-refractivity contribution >= 4 is 0 Å². The van der Waals surface area contributed by atoms with Crippen LogP contribution in [0.4, 0.5) is 0 Å². The van der Waals surface area contributed by atoms with Gasteiger partial charge in [0.15, 0.2) is 0 Å². The van der Waals surface area contributed by atoms with E-state index in [0.717, 1.165) is 12.1 Å². The Labute approximate surface area is 80.9 Å². The highest BCUT2D eigenvalue weighted by Crippen LogP contribution is 2.10. The fraction of sp³-hybridized carbons (Fsp3) is 1.00. The molecule has 0 aromatic rings. The van der Waals surface area contributed by atoms with Crippen LogP contribution in [0, 0.1) is 0 Å². The Hall–Kier alpha value is -0.120. The van der Waals surface area contributed by atoms with Crippen molar-refractivity contribution in [2.75, 3.05) is 33.2 Å². The molecule has 13 heavy (non-hydrogen) atoms. The lowest BCUT2D eigenvalue weighted by Gasteiger charge is -2.31. The van der Waals surface area contributed by atoms with Gasteiger partial charge in [0, 0.05) is 18.6 Å². The average Bonchev–Trinajstić information content (AvgIpc) is 2.62. The molecule has 0 aromatic carbocycles. The van der Waals surface area contributed by atoms with Gasteiger partial charge in [-0.2, -0.15) is 0 Å². The van der Waals surface area contributed by atoms with Crippen LogP contribution >= 0.6 is 0 Å². The number of likely N-dealkylation sites (tertiary alicyclic amines) is 1. The van der Waals surface area contributed by atoms with Crippen molar-refractivity contribution in [2.45, 2.75) is 31.3 Å². The van der Waals surface area contributed by atoms with Crippen molar-refractivity contribution in [1.29, 1.82) is 0 Å². The monoisotopic (exact) mass is 183 g/mol. The quantitative estimate of drug-likeness (QED) is 0.632. The van der Waals surface area contributed by atoms with Crippen LogP contribution in [-0.2, 0) is 0 Å². The van der Waals surface area contributed by atoms with Crippen LogP contribution in [0.25, 0.3) is 0 Å². The van der Waals surface area contributed by atoms with Gasteiger partial charge >= 0.3 is 0 Å². The summed E-state index contributed by atoms with van der Waals surface area (Å²) < 4.78 is 0. The molecule has 2 rings (SSSR count). The fourth-order valence-electron chi connectivity index (χ4n) is 2.31. The molecule has 0 saturated carbocycles. The molecular weight excluding hydrogens is 162 g/mol. The van der Waals surface area contributed by atoms with Gasteiger partial charge in [0.1, 0.15) is 0 Å². The van der Waals surface area contributed by atoms with Gasteiger partial charge in [-0.05, 0) is 45.9 Å². The summed E-state index contributed by atoms with van der Waals surface area (Å²) in [6.45, 7) is 4.90. The van der Waals surface area contributed by atoms with E-state index in [1.165, 1.54) is 45.4 Å². The largest absolute Gasteiger partial charge is 0.315 e. The molecular formula is C10H21N3. The van der Waals surface area contributed by atoms with E-state index < -0.39 is 0 Å². The second-order valence-electron chi connectivity index (χ2n) is 4.43. The Kier molecular flexibility index (Phi) is 3.19. The molecule has 0 amide bonds. The standard InChI is InChI=1S/C10H21N3/c1-13-6-3-9(4-7-13)12-10-2-5-11-8-10/h9-12H,2-8H2,1H3. The Morgan fingerprint density at radius 1 is 1.15 bits per heavy atom. The predicted octanol–water partition coefficient (Wildman–Crippen LogP) is 0.0321. The lowest BCUT2D eigenvalue weighted by Crippen LogP contribution is -2.45. The maximum absolute atomic E-state index is 3.75. The molecule has 1 unspecified atom stereocenters. The molecule has 2 aliphatic heterocycles. The van der Waals surface area contributed by atoms with Gasteiger partial charge < -0.3 is 15.5 Å². The first-order valence-corrected chi connectivity index (χ1v) is 5.50. The summed E-state index contributed by atoms with van der Waals surface area (Å²) in [7, 11) is 2.22. The molecule has 3 heteroatoms. The van der Waals surface area contributed by atoms with E-state index in [9.17, 15) is 0 Å². The second kappa shape index (κ2) is 4.40. The molecule has 2 heterocycles. The number of rotatable bonds is 2. The van der Waals surface area contributed by atoms with E-state index in [-0.39, 0.29) is 0 Å². The van der Waals surface area contributed by atoms with Crippen LogP contribution in [0.3, 0.4) is 0 Å². The average molecular weight is 183 g/mol. The van der Waals surface area contributed by atoms with Gasteiger partial charge in [0.2, 0.25) is 0 Å². The van der Waals surface area contributed by atoms with Crippen LogP contribution in [-0.4, -0.2) is 50.2 Å². The van der Waals surface area contributed by atoms with Gasteiger partial charge in [-0.25, -0.2) is 0 Å². The number of nitrogens with zero attached hydrogens (tertiary/aromatic N) is 1. The Morgan fingerprint density at radius 3 is 2.54 bits per heavy atom. The molecule has 2 aliphatic rings. The third-order valence-corrected chi connectivity index (χ3v) is 3.25. The summed E-state index contributed by atoms with van der Waals surface area (Å²) in [5, 5.41) is 7.15. The number of piperidine rings is 1. The van der Waals surface area contributed by atoms with Crippen LogP contribution < -0.4 is 10.6 Å². The van der Waals surface area contributed by atoms with Crippen molar-refractivity contribution in [2.24, 2.45) is 0 Å². The van der Waals surface area contributed by atoms with Crippen molar-refractivity contribution in [3.63, 3.8) is 0 Å². The smallest absolute Gasteiger partial charge is 0.0207 e. The minimum absolute atomic E-state index is 0.744. The van der Waals surface area contributed by atoms with Crippen LogP contribution in [0.2, 0.25) is 0 Å². The predicted molar refractivity (Wildman–Crippen MR) is 54.9 cm³/mol. The molecule has 0 aromatic heterocycles. The Balaban J connectivity index is 1.69. The van der Waals surface area contributed by atoms with E-state index in [0.29, 0.717) is 0 Å². The van der Waals surface area contributed by atoms with Crippen LogP contribution in [0.15, 0.2) is 0 Å². The lowest BCUT2D eigenvalue weighted by molar-refractivity contribution is 0.226. The zero-order chi connectivity index (χ0) is 9.10. The van der Waals surface area contributed by atoms with E-state index in [1.807, 2.05) is 0 Å². The molecule has 2 N–H and O–H groups in total. The maximum Gasteiger partial charge on any atom is 0.0207 e. The van der Waals surface area contributed by atoms with E-state index in [1.54, 1.807) is 0 Å². The summed E-state index contributed by atoms with van der Waals surface area (Å²) in [6.07, 6.45) is 3.96. The zero-order valence-corrected chi connectivity index (χ0v) is 8.55. The highest BCUT2D eigenvalue weighted by Gasteiger charge is 2.21. The van der Waals surface area contributed by atoms with Crippen molar-refractivity contribution < 1.29 is 0 Å².